The van der Waals surface area contributed by atoms with Crippen molar-refractivity contribution in [3.8, 4) is 0 Å². The molecule has 4 N–H and O–H groups in total. The van der Waals surface area contributed by atoms with Crippen molar-refractivity contribution in [3.63, 3.8) is 0 Å². The second-order valence-corrected chi connectivity index (χ2v) is 3.18. The highest BCUT2D eigenvalue weighted by atomic mass is 16.7. The quantitative estimate of drug-likeness (QED) is 0.286. The van der Waals surface area contributed by atoms with Crippen LogP contribution < -0.4 is 11.3 Å². The Morgan fingerprint density at radius 2 is 2.18 bits per heavy atom. The summed E-state index contributed by atoms with van der Waals surface area (Å²) in [5, 5.41) is 21.8. The summed E-state index contributed by atoms with van der Waals surface area (Å²) >= 11 is 0. The number of nitro groups is 1. The molecular weight excluding hydrogens is 226 g/mol. The third-order valence-electron chi connectivity index (χ3n) is 2.05. The summed E-state index contributed by atoms with van der Waals surface area (Å²) in [6.07, 6.45) is 0.558. The van der Waals surface area contributed by atoms with Crippen LogP contribution in [0.3, 0.4) is 0 Å². The molecule has 0 aliphatic rings. The van der Waals surface area contributed by atoms with Crippen LogP contribution in [0.4, 0.5) is 0 Å². The highest BCUT2D eigenvalue weighted by Gasteiger charge is 2.10. The lowest BCUT2D eigenvalue weighted by Gasteiger charge is -2.18. The summed E-state index contributed by atoms with van der Waals surface area (Å²) in [6.45, 7) is 0.254. The minimum absolute atomic E-state index is 0.254. The van der Waals surface area contributed by atoms with E-state index in [0.29, 0.717) is 6.42 Å². The smallest absolute Gasteiger partial charge is 0.284 e. The van der Waals surface area contributed by atoms with Crippen LogP contribution in [0.5, 0.6) is 0 Å². The number of hydrogen-bond acceptors (Lipinski definition) is 4. The average molecular weight is 239 g/mol. The Balaban J connectivity index is 2.56. The predicted molar refractivity (Wildman–Crippen MR) is 60.4 cm³/mol. The lowest BCUT2D eigenvalue weighted by molar-refractivity contribution is -0.486. The normalized spacial score (nSPS) is 11.2. The summed E-state index contributed by atoms with van der Waals surface area (Å²) in [5.74, 6) is -0.409. The molecule has 8 heteroatoms. The maximum absolute atomic E-state index is 10.1. The number of hydrazine groups is 1. The van der Waals surface area contributed by atoms with Crippen molar-refractivity contribution >= 4 is 5.96 Å². The molecule has 17 heavy (non-hydrogen) atoms. The van der Waals surface area contributed by atoms with Gasteiger partial charge in [-0.05, 0) is 12.0 Å². The van der Waals surface area contributed by atoms with Crippen LogP contribution in [-0.4, -0.2) is 27.8 Å². The van der Waals surface area contributed by atoms with Gasteiger partial charge < -0.3 is 5.73 Å². The van der Waals surface area contributed by atoms with Gasteiger partial charge in [0.2, 0.25) is 0 Å². The third-order valence-corrected chi connectivity index (χ3v) is 2.05. The van der Waals surface area contributed by atoms with E-state index in [1.807, 2.05) is 30.3 Å². The molecule has 0 spiro atoms. The maximum Gasteiger partial charge on any atom is 0.284 e. The zero-order chi connectivity index (χ0) is 12.7. The molecule has 0 fully saturated rings. The monoisotopic (exact) mass is 239 g/mol. The predicted octanol–water partition coefficient (Wildman–Crippen LogP) is -0.0687. The highest BCUT2D eigenvalue weighted by Crippen LogP contribution is 2.00. The minimum Gasteiger partial charge on any atom is -0.363 e. The number of hydrogen-bond donors (Lipinski definition) is 3. The fourth-order valence-electron chi connectivity index (χ4n) is 1.24. The van der Waals surface area contributed by atoms with Gasteiger partial charge in [-0.3, -0.25) is 5.21 Å². The molecule has 0 atom stereocenters. The lowest BCUT2D eigenvalue weighted by atomic mass is 10.1. The van der Waals surface area contributed by atoms with E-state index in [-0.39, 0.29) is 6.54 Å². The minimum atomic E-state index is -0.928. The number of hydrazone groups is 1. The van der Waals surface area contributed by atoms with Crippen molar-refractivity contribution in [1.82, 2.24) is 10.6 Å². The summed E-state index contributed by atoms with van der Waals surface area (Å²) in [4.78, 5) is 10.1. The first-order valence-electron chi connectivity index (χ1n) is 4.83. The largest absolute Gasteiger partial charge is 0.363 e. The molecule has 0 aliphatic carbocycles. The van der Waals surface area contributed by atoms with Crippen LogP contribution in [0, 0.1) is 10.1 Å². The van der Waals surface area contributed by atoms with Gasteiger partial charge in [0.1, 0.15) is 5.10 Å². The third kappa shape index (κ3) is 4.45. The SMILES string of the molecule is NC(=N[N+](=O)[O-])N(CCc1ccccc1)NO. The Hall–Kier alpha value is -2.19. The molecule has 0 amide bonds. The van der Waals surface area contributed by atoms with E-state index in [0.717, 1.165) is 10.6 Å². The first-order valence-corrected chi connectivity index (χ1v) is 4.83. The van der Waals surface area contributed by atoms with Gasteiger partial charge in [-0.2, -0.15) is 0 Å². The van der Waals surface area contributed by atoms with Gasteiger partial charge >= 0.3 is 0 Å². The van der Waals surface area contributed by atoms with Gasteiger partial charge in [0, 0.05) is 6.54 Å². The zero-order valence-corrected chi connectivity index (χ0v) is 8.98. The molecule has 1 rings (SSSR count). The lowest BCUT2D eigenvalue weighted by Crippen LogP contribution is -2.47. The van der Waals surface area contributed by atoms with Gasteiger partial charge in [-0.25, -0.2) is 15.1 Å². The number of benzene rings is 1. The fraction of sp³-hybridized carbons (Fsp3) is 0.222. The first-order chi connectivity index (χ1) is 8.13. The molecule has 1 aromatic rings. The van der Waals surface area contributed by atoms with Crippen LogP contribution in [0.1, 0.15) is 5.56 Å². The number of nitrogens with one attached hydrogen (secondary N) is 1. The van der Waals surface area contributed by atoms with E-state index < -0.39 is 11.0 Å². The summed E-state index contributed by atoms with van der Waals surface area (Å²) in [7, 11) is 0. The van der Waals surface area contributed by atoms with Crippen molar-refractivity contribution in [1.29, 1.82) is 0 Å². The van der Waals surface area contributed by atoms with Crippen LogP contribution in [0.2, 0.25) is 0 Å². The summed E-state index contributed by atoms with van der Waals surface area (Å²) in [5.41, 5.74) is 8.07. The van der Waals surface area contributed by atoms with Crippen molar-refractivity contribution in [2.24, 2.45) is 10.8 Å². The van der Waals surface area contributed by atoms with E-state index in [1.165, 1.54) is 0 Å². The van der Waals surface area contributed by atoms with Crippen molar-refractivity contribution in [2.45, 2.75) is 6.42 Å². The number of guanidine groups is 1. The van der Waals surface area contributed by atoms with Crippen molar-refractivity contribution < 1.29 is 10.2 Å². The highest BCUT2D eigenvalue weighted by molar-refractivity contribution is 5.76. The van der Waals surface area contributed by atoms with Crippen molar-refractivity contribution in [3.05, 3.63) is 46.0 Å². The molecule has 0 bridgehead atoms. The molecule has 0 heterocycles. The number of rotatable bonds is 5. The molecule has 92 valence electrons. The van der Waals surface area contributed by atoms with E-state index in [4.69, 9.17) is 10.9 Å². The molecule has 0 aromatic heterocycles. The zero-order valence-electron chi connectivity index (χ0n) is 8.98. The molecule has 0 aliphatic heterocycles. The molecule has 0 unspecified atom stereocenters. The second-order valence-electron chi connectivity index (χ2n) is 3.18. The average Bonchev–Trinajstić information content (AvgIpc) is 2.30. The Bertz CT molecular complexity index is 395. The van der Waals surface area contributed by atoms with Crippen LogP contribution in [0.15, 0.2) is 35.4 Å². The first kappa shape index (κ1) is 12.9. The molecular formula is C9H13N5O3. The van der Waals surface area contributed by atoms with E-state index >= 15 is 0 Å². The molecule has 1 aromatic carbocycles. The molecule has 0 radical (unpaired) electrons. The van der Waals surface area contributed by atoms with Crippen LogP contribution in [0.25, 0.3) is 0 Å². The van der Waals surface area contributed by atoms with E-state index in [9.17, 15) is 10.1 Å². The van der Waals surface area contributed by atoms with Gasteiger partial charge in [0.15, 0.2) is 5.03 Å². The Labute approximate surface area is 97.4 Å². The summed E-state index contributed by atoms with van der Waals surface area (Å²) < 4.78 is 0. The topological polar surface area (TPSA) is 117 Å². The van der Waals surface area contributed by atoms with E-state index in [2.05, 4.69) is 5.10 Å². The Kier molecular flexibility index (Phi) is 4.85. The van der Waals surface area contributed by atoms with Crippen LogP contribution >= 0.6 is 0 Å². The molecule has 0 saturated heterocycles. The molecule has 0 saturated carbocycles. The van der Waals surface area contributed by atoms with Gasteiger partial charge in [-0.1, -0.05) is 30.3 Å². The standard InChI is InChI=1S/C9H13N5O3/c10-9(11-14(16)17)13(12-15)7-6-8-4-2-1-3-5-8/h1-5,12,15H,6-7H2,(H2,10,11). The number of nitrogens with two attached hydrogens (primary N) is 1. The maximum atomic E-state index is 10.1. The molecule has 8 nitrogen and oxygen atoms in total. The Morgan fingerprint density at radius 1 is 1.53 bits per heavy atom. The van der Waals surface area contributed by atoms with Gasteiger partial charge in [-0.15, -0.1) is 5.59 Å². The Morgan fingerprint density at radius 3 is 2.71 bits per heavy atom. The summed E-state index contributed by atoms with van der Waals surface area (Å²) in [6, 6.07) is 9.43. The van der Waals surface area contributed by atoms with Crippen molar-refractivity contribution in [2.75, 3.05) is 6.54 Å². The van der Waals surface area contributed by atoms with Gasteiger partial charge in [0.05, 0.1) is 0 Å². The van der Waals surface area contributed by atoms with Gasteiger partial charge in [0.25, 0.3) is 5.96 Å². The second kappa shape index (κ2) is 6.40. The number of nitrogens with zero attached hydrogens (tertiary/aromatic N) is 3. The van der Waals surface area contributed by atoms with E-state index in [1.54, 1.807) is 5.59 Å². The fourth-order valence-corrected chi connectivity index (χ4v) is 1.24. The van der Waals surface area contributed by atoms with Crippen LogP contribution in [-0.2, 0) is 6.42 Å².